The van der Waals surface area contributed by atoms with E-state index < -0.39 is 0 Å². The molecule has 1 aliphatic carbocycles. The first-order valence-electron chi connectivity index (χ1n) is 7.52. The Balaban J connectivity index is 1.74. The number of halogens is 1. The Bertz CT molecular complexity index is 790. The van der Waals surface area contributed by atoms with Crippen molar-refractivity contribution in [2.75, 3.05) is 5.32 Å². The normalized spacial score (nSPS) is 15.5. The molecule has 0 unspecified atom stereocenters. The Morgan fingerprint density at radius 2 is 1.86 bits per heavy atom. The lowest BCUT2D eigenvalue weighted by molar-refractivity contribution is 0.627. The summed E-state index contributed by atoms with van der Waals surface area (Å²) in [5.74, 6) is 0.559. The smallest absolute Gasteiger partial charge is 0.168 e. The van der Waals surface area contributed by atoms with Crippen molar-refractivity contribution in [2.45, 2.75) is 31.7 Å². The summed E-state index contributed by atoms with van der Waals surface area (Å²) in [5, 5.41) is 8.76. The molecule has 1 fully saturated rings. The fourth-order valence-electron chi connectivity index (χ4n) is 2.99. The van der Waals surface area contributed by atoms with Crippen molar-refractivity contribution in [3.63, 3.8) is 0 Å². The summed E-state index contributed by atoms with van der Waals surface area (Å²) in [7, 11) is 0. The Labute approximate surface area is 127 Å². The first-order valence-corrected chi connectivity index (χ1v) is 7.52. The van der Waals surface area contributed by atoms with Crippen molar-refractivity contribution in [3.05, 3.63) is 42.6 Å². The number of hydrogen-bond acceptors (Lipinski definition) is 4. The summed E-state index contributed by atoms with van der Waals surface area (Å²) in [4.78, 5) is 8.69. The van der Waals surface area contributed by atoms with Crippen LogP contribution in [0.15, 0.2) is 36.8 Å². The van der Waals surface area contributed by atoms with Crippen LogP contribution in [0.25, 0.3) is 16.7 Å². The maximum atomic E-state index is 13.1. The number of benzene rings is 1. The number of fused-ring (bicyclic) bond motifs is 1. The molecule has 3 aromatic rings. The second-order valence-electron chi connectivity index (χ2n) is 5.62. The Morgan fingerprint density at radius 1 is 1.09 bits per heavy atom. The lowest BCUT2D eigenvalue weighted by atomic mass is 10.2. The van der Waals surface area contributed by atoms with E-state index in [1.807, 2.05) is 0 Å². The van der Waals surface area contributed by atoms with Gasteiger partial charge in [0, 0.05) is 6.04 Å². The van der Waals surface area contributed by atoms with Gasteiger partial charge in [0.2, 0.25) is 0 Å². The summed E-state index contributed by atoms with van der Waals surface area (Å²) >= 11 is 0. The third-order valence-corrected chi connectivity index (χ3v) is 4.13. The highest BCUT2D eigenvalue weighted by atomic mass is 19.1. The summed E-state index contributed by atoms with van der Waals surface area (Å²) in [5.41, 5.74) is 1.50. The molecule has 2 aromatic heterocycles. The van der Waals surface area contributed by atoms with Crippen LogP contribution in [0, 0.1) is 5.82 Å². The monoisotopic (exact) mass is 297 g/mol. The van der Waals surface area contributed by atoms with Crippen LogP contribution in [0.2, 0.25) is 0 Å². The molecule has 4 rings (SSSR count). The van der Waals surface area contributed by atoms with E-state index in [0.29, 0.717) is 6.04 Å². The quantitative estimate of drug-likeness (QED) is 0.806. The number of nitrogens with one attached hydrogen (secondary N) is 1. The largest absolute Gasteiger partial charge is 0.367 e. The fraction of sp³-hybridized carbons (Fsp3) is 0.312. The molecule has 1 aliphatic rings. The molecule has 2 heterocycles. The fourth-order valence-corrected chi connectivity index (χ4v) is 2.99. The van der Waals surface area contributed by atoms with E-state index in [0.717, 1.165) is 22.5 Å². The van der Waals surface area contributed by atoms with Crippen LogP contribution in [0.1, 0.15) is 25.7 Å². The molecule has 5 nitrogen and oxygen atoms in total. The number of rotatable bonds is 3. The molecule has 0 aliphatic heterocycles. The highest BCUT2D eigenvalue weighted by Gasteiger charge is 2.18. The van der Waals surface area contributed by atoms with Crippen molar-refractivity contribution in [1.29, 1.82) is 0 Å². The van der Waals surface area contributed by atoms with Crippen molar-refractivity contribution in [3.8, 4) is 5.69 Å². The molecule has 112 valence electrons. The third-order valence-electron chi connectivity index (χ3n) is 4.13. The van der Waals surface area contributed by atoms with Crippen molar-refractivity contribution in [1.82, 2.24) is 19.7 Å². The van der Waals surface area contributed by atoms with E-state index in [4.69, 9.17) is 0 Å². The molecule has 6 heteroatoms. The SMILES string of the molecule is Fc1ccc(-n2ncc3c(NC4CCCC4)ncnc32)cc1. The molecular formula is C16H16FN5. The van der Waals surface area contributed by atoms with Gasteiger partial charge in [-0.2, -0.15) is 5.10 Å². The van der Waals surface area contributed by atoms with Crippen molar-refractivity contribution < 1.29 is 4.39 Å². The Hall–Kier alpha value is -2.50. The van der Waals surface area contributed by atoms with E-state index in [2.05, 4.69) is 20.4 Å². The van der Waals surface area contributed by atoms with Gasteiger partial charge in [-0.15, -0.1) is 0 Å². The van der Waals surface area contributed by atoms with Crippen LogP contribution in [-0.2, 0) is 0 Å². The summed E-state index contributed by atoms with van der Waals surface area (Å²) in [6, 6.07) is 6.69. The number of anilines is 1. The molecule has 0 atom stereocenters. The van der Waals surface area contributed by atoms with Crippen LogP contribution >= 0.6 is 0 Å². The first kappa shape index (κ1) is 13.2. The van der Waals surface area contributed by atoms with E-state index in [1.54, 1.807) is 29.3 Å². The van der Waals surface area contributed by atoms with E-state index >= 15 is 0 Å². The van der Waals surface area contributed by atoms with Crippen LogP contribution < -0.4 is 5.32 Å². The minimum absolute atomic E-state index is 0.265. The lowest BCUT2D eigenvalue weighted by Crippen LogP contribution is -2.15. The van der Waals surface area contributed by atoms with Gasteiger partial charge in [0.1, 0.15) is 18.0 Å². The van der Waals surface area contributed by atoms with E-state index in [9.17, 15) is 4.39 Å². The first-order chi connectivity index (χ1) is 10.8. The molecule has 0 amide bonds. The second-order valence-corrected chi connectivity index (χ2v) is 5.62. The second kappa shape index (κ2) is 5.36. The molecule has 1 aromatic carbocycles. The average molecular weight is 297 g/mol. The van der Waals surface area contributed by atoms with Gasteiger partial charge >= 0.3 is 0 Å². The van der Waals surface area contributed by atoms with Crippen LogP contribution in [-0.4, -0.2) is 25.8 Å². The predicted octanol–water partition coefficient (Wildman–Crippen LogP) is 3.31. The number of aromatic nitrogens is 4. The van der Waals surface area contributed by atoms with Gasteiger partial charge in [0.15, 0.2) is 5.65 Å². The van der Waals surface area contributed by atoms with Crippen LogP contribution in [0.3, 0.4) is 0 Å². The van der Waals surface area contributed by atoms with Gasteiger partial charge < -0.3 is 5.32 Å². The summed E-state index contributed by atoms with van der Waals surface area (Å²) in [6.07, 6.45) is 8.19. The zero-order valence-corrected chi connectivity index (χ0v) is 12.0. The highest BCUT2D eigenvalue weighted by Crippen LogP contribution is 2.26. The van der Waals surface area contributed by atoms with E-state index in [1.165, 1.54) is 37.8 Å². The van der Waals surface area contributed by atoms with Gasteiger partial charge in [0.05, 0.1) is 17.3 Å². The maximum Gasteiger partial charge on any atom is 0.168 e. The summed E-state index contributed by atoms with van der Waals surface area (Å²) < 4.78 is 14.8. The van der Waals surface area contributed by atoms with E-state index in [-0.39, 0.29) is 5.82 Å². The number of hydrogen-bond donors (Lipinski definition) is 1. The Kier molecular flexibility index (Phi) is 3.21. The van der Waals surface area contributed by atoms with Gasteiger partial charge in [-0.3, -0.25) is 0 Å². The Morgan fingerprint density at radius 3 is 2.64 bits per heavy atom. The predicted molar refractivity (Wildman–Crippen MR) is 82.5 cm³/mol. The lowest BCUT2D eigenvalue weighted by Gasteiger charge is -2.12. The zero-order chi connectivity index (χ0) is 14.9. The summed E-state index contributed by atoms with van der Waals surface area (Å²) in [6.45, 7) is 0. The molecule has 0 spiro atoms. The zero-order valence-electron chi connectivity index (χ0n) is 12.0. The average Bonchev–Trinajstić information content (AvgIpc) is 3.18. The molecule has 0 bridgehead atoms. The molecule has 0 radical (unpaired) electrons. The van der Waals surface area contributed by atoms with Crippen molar-refractivity contribution >= 4 is 16.9 Å². The van der Waals surface area contributed by atoms with Crippen LogP contribution in [0.4, 0.5) is 10.2 Å². The van der Waals surface area contributed by atoms with Gasteiger partial charge in [-0.1, -0.05) is 12.8 Å². The van der Waals surface area contributed by atoms with Gasteiger partial charge in [0.25, 0.3) is 0 Å². The molecule has 22 heavy (non-hydrogen) atoms. The third kappa shape index (κ3) is 2.30. The molecule has 1 saturated carbocycles. The molecular weight excluding hydrogens is 281 g/mol. The number of nitrogens with zero attached hydrogens (tertiary/aromatic N) is 4. The minimum Gasteiger partial charge on any atom is -0.367 e. The van der Waals surface area contributed by atoms with Gasteiger partial charge in [-0.25, -0.2) is 19.0 Å². The van der Waals surface area contributed by atoms with Crippen LogP contribution in [0.5, 0.6) is 0 Å². The molecule has 1 N–H and O–H groups in total. The minimum atomic E-state index is -0.265. The maximum absolute atomic E-state index is 13.1. The van der Waals surface area contributed by atoms with Gasteiger partial charge in [-0.05, 0) is 37.1 Å². The van der Waals surface area contributed by atoms with Crippen molar-refractivity contribution in [2.24, 2.45) is 0 Å². The highest BCUT2D eigenvalue weighted by molar-refractivity contribution is 5.87. The standard InChI is InChI=1S/C16H16FN5/c17-11-5-7-13(8-6-11)22-16-14(9-20-22)15(18-10-19-16)21-12-3-1-2-4-12/h5-10,12H,1-4H2,(H,18,19,21). The molecule has 0 saturated heterocycles. The topological polar surface area (TPSA) is 55.6 Å².